The van der Waals surface area contributed by atoms with Crippen molar-refractivity contribution in [2.45, 2.75) is 0 Å². The average molecular weight is 668 g/mol. The number of furan rings is 1. The summed E-state index contributed by atoms with van der Waals surface area (Å²) in [5.74, 6) is 0. The van der Waals surface area contributed by atoms with Crippen molar-refractivity contribution >= 4 is 103 Å². The van der Waals surface area contributed by atoms with Crippen molar-refractivity contribution in [2.75, 3.05) is 4.90 Å². The fourth-order valence-electron chi connectivity index (χ4n) is 8.08. The van der Waals surface area contributed by atoms with Crippen LogP contribution in [0.5, 0.6) is 0 Å². The van der Waals surface area contributed by atoms with E-state index in [9.17, 15) is 0 Å². The summed E-state index contributed by atoms with van der Waals surface area (Å²) in [7, 11) is 0. The van der Waals surface area contributed by atoms with Gasteiger partial charge >= 0.3 is 0 Å². The summed E-state index contributed by atoms with van der Waals surface area (Å²) in [6.07, 6.45) is 0. The Kier molecular flexibility index (Phi) is 6.16. The van der Waals surface area contributed by atoms with Crippen LogP contribution >= 0.6 is 11.3 Å². The van der Waals surface area contributed by atoms with Gasteiger partial charge in [-0.3, -0.25) is 0 Å². The third kappa shape index (κ3) is 4.42. The normalized spacial score (nSPS) is 11.9. The first-order valence-corrected chi connectivity index (χ1v) is 18.1. The lowest BCUT2D eigenvalue weighted by Crippen LogP contribution is -2.09. The molecule has 0 atom stereocenters. The van der Waals surface area contributed by atoms with E-state index in [1.165, 1.54) is 63.6 Å². The molecule has 0 amide bonds. The highest BCUT2D eigenvalue weighted by atomic mass is 32.1. The predicted molar refractivity (Wildman–Crippen MR) is 219 cm³/mol. The Morgan fingerprint density at radius 3 is 1.98 bits per heavy atom. The van der Waals surface area contributed by atoms with Crippen molar-refractivity contribution in [1.82, 2.24) is 0 Å². The molecule has 0 fully saturated rings. The van der Waals surface area contributed by atoms with E-state index in [1.54, 1.807) is 0 Å². The molecule has 0 aliphatic rings. The van der Waals surface area contributed by atoms with Crippen LogP contribution < -0.4 is 4.90 Å². The van der Waals surface area contributed by atoms with Crippen LogP contribution in [0.15, 0.2) is 180 Å². The van der Waals surface area contributed by atoms with Crippen LogP contribution in [-0.2, 0) is 0 Å². The van der Waals surface area contributed by atoms with E-state index in [0.29, 0.717) is 0 Å². The van der Waals surface area contributed by atoms with Gasteiger partial charge in [-0.2, -0.15) is 0 Å². The smallest absolute Gasteiger partial charge is 0.135 e. The van der Waals surface area contributed by atoms with Gasteiger partial charge in [0.1, 0.15) is 11.2 Å². The SMILES string of the molecule is c1ccc(N(c2ccc3oc4ccccc4c3c2)c2ccc3sc4cccc(-c5ccc6c(ccc7ccc8ccccc8c76)c5)c4c3c2)cc1. The topological polar surface area (TPSA) is 16.4 Å². The minimum Gasteiger partial charge on any atom is -0.456 e. The molecule has 238 valence electrons. The first-order chi connectivity index (χ1) is 25.3. The monoisotopic (exact) mass is 667 g/mol. The lowest BCUT2D eigenvalue weighted by Gasteiger charge is -2.25. The summed E-state index contributed by atoms with van der Waals surface area (Å²) in [4.78, 5) is 2.36. The second kappa shape index (κ2) is 11.0. The van der Waals surface area contributed by atoms with Gasteiger partial charge in [-0.15, -0.1) is 11.3 Å². The molecule has 2 nitrogen and oxygen atoms in total. The molecule has 0 radical (unpaired) electrons. The summed E-state index contributed by atoms with van der Waals surface area (Å²) < 4.78 is 8.77. The number of thiophene rings is 1. The molecule has 0 saturated heterocycles. The first kappa shape index (κ1) is 28.4. The molecule has 0 aliphatic heterocycles. The molecule has 3 heteroatoms. The molecule has 0 aliphatic carbocycles. The maximum Gasteiger partial charge on any atom is 0.135 e. The summed E-state index contributed by atoms with van der Waals surface area (Å²) in [5, 5.41) is 12.5. The van der Waals surface area contributed by atoms with Crippen LogP contribution in [0.2, 0.25) is 0 Å². The third-order valence-corrected chi connectivity index (χ3v) is 11.5. The zero-order valence-electron chi connectivity index (χ0n) is 27.5. The number of hydrogen-bond acceptors (Lipinski definition) is 3. The van der Waals surface area contributed by atoms with Crippen LogP contribution in [0, 0.1) is 0 Å². The Balaban J connectivity index is 1.11. The van der Waals surface area contributed by atoms with Gasteiger partial charge in [0.05, 0.1) is 0 Å². The molecule has 11 aromatic rings. The zero-order chi connectivity index (χ0) is 33.5. The third-order valence-electron chi connectivity index (χ3n) is 10.4. The van der Waals surface area contributed by atoms with Crippen molar-refractivity contribution in [2.24, 2.45) is 0 Å². The summed E-state index contributed by atoms with van der Waals surface area (Å²) in [5.41, 5.74) is 7.61. The van der Waals surface area contributed by atoms with Gasteiger partial charge in [0.25, 0.3) is 0 Å². The van der Waals surface area contributed by atoms with E-state index in [1.807, 2.05) is 23.5 Å². The van der Waals surface area contributed by atoms with Gasteiger partial charge in [0.2, 0.25) is 0 Å². The van der Waals surface area contributed by atoms with E-state index in [-0.39, 0.29) is 0 Å². The minimum atomic E-state index is 0.897. The number of nitrogens with zero attached hydrogens (tertiary/aromatic N) is 1. The number of hydrogen-bond donors (Lipinski definition) is 0. The van der Waals surface area contributed by atoms with Crippen LogP contribution in [-0.4, -0.2) is 0 Å². The summed E-state index contributed by atoms with van der Waals surface area (Å²) >= 11 is 1.86. The molecule has 51 heavy (non-hydrogen) atoms. The number of anilines is 3. The highest BCUT2D eigenvalue weighted by Crippen LogP contribution is 2.45. The highest BCUT2D eigenvalue weighted by Gasteiger charge is 2.18. The number of fused-ring (bicyclic) bond motifs is 11. The van der Waals surface area contributed by atoms with Crippen molar-refractivity contribution < 1.29 is 4.42 Å². The lowest BCUT2D eigenvalue weighted by atomic mass is 9.93. The van der Waals surface area contributed by atoms with Crippen LogP contribution in [0.4, 0.5) is 17.1 Å². The van der Waals surface area contributed by atoms with Crippen molar-refractivity contribution in [3.05, 3.63) is 176 Å². The number of para-hydroxylation sites is 2. The van der Waals surface area contributed by atoms with Gasteiger partial charge in [0.15, 0.2) is 0 Å². The number of rotatable bonds is 4. The summed E-state index contributed by atoms with van der Waals surface area (Å²) in [6.45, 7) is 0. The van der Waals surface area contributed by atoms with E-state index in [0.717, 1.165) is 39.0 Å². The van der Waals surface area contributed by atoms with Gasteiger partial charge in [-0.05, 0) is 110 Å². The Morgan fingerprint density at radius 2 is 1.08 bits per heavy atom. The van der Waals surface area contributed by atoms with Gasteiger partial charge < -0.3 is 9.32 Å². The fraction of sp³-hybridized carbons (Fsp3) is 0. The van der Waals surface area contributed by atoms with Crippen LogP contribution in [0.3, 0.4) is 0 Å². The summed E-state index contributed by atoms with van der Waals surface area (Å²) in [6, 6.07) is 63.9. The van der Waals surface area contributed by atoms with Crippen LogP contribution in [0.25, 0.3) is 85.6 Å². The Morgan fingerprint density at radius 1 is 0.373 bits per heavy atom. The molecule has 0 bridgehead atoms. The quantitative estimate of drug-likeness (QED) is 0.174. The average Bonchev–Trinajstić information content (AvgIpc) is 3.76. The molecule has 0 unspecified atom stereocenters. The molecular formula is C48H29NOS. The maximum absolute atomic E-state index is 6.20. The predicted octanol–water partition coefficient (Wildman–Crippen LogP) is 14.6. The molecule has 0 spiro atoms. The van der Waals surface area contributed by atoms with E-state index < -0.39 is 0 Å². The maximum atomic E-state index is 6.20. The van der Waals surface area contributed by atoms with Gasteiger partial charge in [-0.1, -0.05) is 109 Å². The standard InChI is InChI=1S/C48H29NOS/c1-2-10-34(11-3-1)49(35-22-25-44-41(28-35)40-13-6-7-15-43(40)50-44)36-23-26-45-42(29-36)48-38(14-8-16-46(48)51-45)33-21-24-39-32(27-33)20-19-31-18-17-30-9-4-5-12-37(30)47(31)39/h1-29H. The van der Waals surface area contributed by atoms with E-state index in [2.05, 4.69) is 169 Å². The molecule has 2 heterocycles. The molecule has 0 saturated carbocycles. The Bertz CT molecular complexity index is 3150. The van der Waals surface area contributed by atoms with Crippen molar-refractivity contribution in [3.8, 4) is 11.1 Å². The fourth-order valence-corrected chi connectivity index (χ4v) is 9.19. The number of benzene rings is 9. The molecule has 11 rings (SSSR count). The van der Waals surface area contributed by atoms with Crippen molar-refractivity contribution in [1.29, 1.82) is 0 Å². The van der Waals surface area contributed by atoms with Gasteiger partial charge in [-0.25, -0.2) is 0 Å². The van der Waals surface area contributed by atoms with E-state index >= 15 is 0 Å². The highest BCUT2D eigenvalue weighted by molar-refractivity contribution is 7.26. The lowest BCUT2D eigenvalue weighted by molar-refractivity contribution is 0.669. The molecular weight excluding hydrogens is 639 g/mol. The largest absolute Gasteiger partial charge is 0.456 e. The molecule has 2 aromatic heterocycles. The Labute approximate surface area is 298 Å². The van der Waals surface area contributed by atoms with Crippen LogP contribution in [0.1, 0.15) is 0 Å². The second-order valence-electron chi connectivity index (χ2n) is 13.3. The van der Waals surface area contributed by atoms with Gasteiger partial charge in [0, 0.05) is 48.0 Å². The first-order valence-electron chi connectivity index (χ1n) is 17.3. The minimum absolute atomic E-state index is 0.897. The van der Waals surface area contributed by atoms with E-state index in [4.69, 9.17) is 4.42 Å². The molecule has 0 N–H and O–H groups in total. The molecule has 9 aromatic carbocycles. The second-order valence-corrected chi connectivity index (χ2v) is 14.4. The zero-order valence-corrected chi connectivity index (χ0v) is 28.3. The Hall–Kier alpha value is -6.42. The van der Waals surface area contributed by atoms with Crippen molar-refractivity contribution in [3.63, 3.8) is 0 Å².